The Kier molecular flexibility index (Phi) is 6.07. The largest absolute Gasteiger partial charge is 0.462 e. The van der Waals surface area contributed by atoms with E-state index < -0.39 is 0 Å². The Morgan fingerprint density at radius 1 is 1.21 bits per heavy atom. The molecular formula is C17H26O2. The number of esters is 1. The molecule has 2 heteroatoms. The molecule has 0 bridgehead atoms. The van der Waals surface area contributed by atoms with Gasteiger partial charge in [0.1, 0.15) is 6.10 Å². The number of carbonyl (C=O) groups is 1. The third-order valence-corrected chi connectivity index (χ3v) is 3.25. The van der Waals surface area contributed by atoms with E-state index in [2.05, 4.69) is 27.7 Å². The lowest BCUT2D eigenvalue weighted by atomic mass is 9.86. The molecule has 0 N–H and O–H groups in total. The van der Waals surface area contributed by atoms with Crippen molar-refractivity contribution in [3.63, 3.8) is 0 Å². The Hall–Kier alpha value is -1.31. The molecule has 1 unspecified atom stereocenters. The summed E-state index contributed by atoms with van der Waals surface area (Å²) in [6, 6.07) is 10.1. The van der Waals surface area contributed by atoms with Crippen molar-refractivity contribution in [2.75, 3.05) is 0 Å². The Morgan fingerprint density at radius 3 is 2.37 bits per heavy atom. The molecule has 1 aromatic rings. The fourth-order valence-corrected chi connectivity index (χ4v) is 2.04. The smallest absolute Gasteiger partial charge is 0.306 e. The van der Waals surface area contributed by atoms with E-state index in [0.29, 0.717) is 6.42 Å². The van der Waals surface area contributed by atoms with E-state index >= 15 is 0 Å². The molecule has 0 radical (unpaired) electrons. The highest BCUT2D eigenvalue weighted by molar-refractivity contribution is 5.70. The van der Waals surface area contributed by atoms with Gasteiger partial charge in [-0.1, -0.05) is 64.4 Å². The Balaban J connectivity index is 2.45. The molecule has 0 aromatic heterocycles. The zero-order valence-electron chi connectivity index (χ0n) is 12.6. The maximum absolute atomic E-state index is 11.9. The van der Waals surface area contributed by atoms with Crippen molar-refractivity contribution in [2.24, 2.45) is 5.41 Å². The fraction of sp³-hybridized carbons (Fsp3) is 0.588. The monoisotopic (exact) mass is 262 g/mol. The van der Waals surface area contributed by atoms with Gasteiger partial charge in [0, 0.05) is 6.42 Å². The fourth-order valence-electron chi connectivity index (χ4n) is 2.04. The molecule has 106 valence electrons. The van der Waals surface area contributed by atoms with Crippen molar-refractivity contribution >= 4 is 5.97 Å². The standard InChI is InChI=1S/C17H26O2/c1-5-9-15(17(2,3)4)19-16(18)13-12-14-10-7-6-8-11-14/h6-8,10-11,15H,5,9,12-13H2,1-4H3. The molecule has 0 saturated carbocycles. The number of rotatable bonds is 6. The Labute approximate surface area is 117 Å². The second-order valence-electron chi connectivity index (χ2n) is 6.12. The van der Waals surface area contributed by atoms with Crippen LogP contribution in [0.1, 0.15) is 52.5 Å². The number of benzene rings is 1. The van der Waals surface area contributed by atoms with E-state index in [-0.39, 0.29) is 17.5 Å². The zero-order valence-corrected chi connectivity index (χ0v) is 12.6. The van der Waals surface area contributed by atoms with Crippen LogP contribution in [0, 0.1) is 5.41 Å². The van der Waals surface area contributed by atoms with Crippen molar-refractivity contribution in [3.8, 4) is 0 Å². The van der Waals surface area contributed by atoms with Gasteiger partial charge in [-0.3, -0.25) is 4.79 Å². The molecule has 0 heterocycles. The van der Waals surface area contributed by atoms with Crippen molar-refractivity contribution in [1.82, 2.24) is 0 Å². The summed E-state index contributed by atoms with van der Waals surface area (Å²) in [4.78, 5) is 11.9. The summed E-state index contributed by atoms with van der Waals surface area (Å²) in [5.74, 6) is -0.0859. The average molecular weight is 262 g/mol. The third kappa shape index (κ3) is 5.91. The molecule has 0 aliphatic heterocycles. The summed E-state index contributed by atoms with van der Waals surface area (Å²) in [5, 5.41) is 0. The number of hydrogen-bond donors (Lipinski definition) is 0. The topological polar surface area (TPSA) is 26.3 Å². The van der Waals surface area contributed by atoms with Crippen LogP contribution in [-0.2, 0) is 16.0 Å². The van der Waals surface area contributed by atoms with Crippen molar-refractivity contribution in [2.45, 2.75) is 59.5 Å². The first-order valence-electron chi connectivity index (χ1n) is 7.17. The van der Waals surface area contributed by atoms with Crippen LogP contribution in [0.4, 0.5) is 0 Å². The number of hydrogen-bond acceptors (Lipinski definition) is 2. The first kappa shape index (κ1) is 15.7. The summed E-state index contributed by atoms with van der Waals surface area (Å²) in [6.45, 7) is 8.49. The predicted octanol–water partition coefficient (Wildman–Crippen LogP) is 4.38. The molecule has 19 heavy (non-hydrogen) atoms. The molecule has 1 rings (SSSR count). The highest BCUT2D eigenvalue weighted by atomic mass is 16.5. The Bertz CT molecular complexity index is 376. The van der Waals surface area contributed by atoms with E-state index in [1.807, 2.05) is 30.3 Å². The number of ether oxygens (including phenoxy) is 1. The van der Waals surface area contributed by atoms with E-state index in [1.165, 1.54) is 5.56 Å². The maximum atomic E-state index is 11.9. The highest BCUT2D eigenvalue weighted by Gasteiger charge is 2.27. The van der Waals surface area contributed by atoms with Crippen LogP contribution in [0.25, 0.3) is 0 Å². The van der Waals surface area contributed by atoms with Gasteiger partial charge in [0.2, 0.25) is 0 Å². The van der Waals surface area contributed by atoms with Crippen LogP contribution >= 0.6 is 0 Å². The zero-order chi connectivity index (χ0) is 14.3. The van der Waals surface area contributed by atoms with E-state index in [9.17, 15) is 4.79 Å². The summed E-state index contributed by atoms with van der Waals surface area (Å²) >= 11 is 0. The van der Waals surface area contributed by atoms with Crippen LogP contribution in [0.2, 0.25) is 0 Å². The van der Waals surface area contributed by atoms with E-state index in [0.717, 1.165) is 19.3 Å². The Morgan fingerprint density at radius 2 is 1.84 bits per heavy atom. The van der Waals surface area contributed by atoms with Gasteiger partial charge >= 0.3 is 5.97 Å². The van der Waals surface area contributed by atoms with Gasteiger partial charge < -0.3 is 4.74 Å². The maximum Gasteiger partial charge on any atom is 0.306 e. The van der Waals surface area contributed by atoms with Crippen LogP contribution in [0.5, 0.6) is 0 Å². The molecule has 0 spiro atoms. The van der Waals surface area contributed by atoms with Crippen LogP contribution in [-0.4, -0.2) is 12.1 Å². The lowest BCUT2D eigenvalue weighted by molar-refractivity contribution is -0.155. The minimum atomic E-state index is -0.0859. The van der Waals surface area contributed by atoms with E-state index in [1.54, 1.807) is 0 Å². The minimum absolute atomic E-state index is 0.0123. The molecule has 0 fully saturated rings. The molecular weight excluding hydrogens is 236 g/mol. The van der Waals surface area contributed by atoms with Gasteiger partial charge in [-0.2, -0.15) is 0 Å². The highest BCUT2D eigenvalue weighted by Crippen LogP contribution is 2.26. The van der Waals surface area contributed by atoms with Crippen molar-refractivity contribution < 1.29 is 9.53 Å². The molecule has 0 saturated heterocycles. The summed E-state index contributed by atoms with van der Waals surface area (Å²) in [5.41, 5.74) is 1.19. The number of aryl methyl sites for hydroxylation is 1. The molecule has 0 aliphatic carbocycles. The minimum Gasteiger partial charge on any atom is -0.462 e. The molecule has 1 atom stereocenters. The van der Waals surface area contributed by atoms with Gasteiger partial charge in [-0.15, -0.1) is 0 Å². The second kappa shape index (κ2) is 7.32. The molecule has 1 aromatic carbocycles. The van der Waals surface area contributed by atoms with Crippen LogP contribution in [0.15, 0.2) is 30.3 Å². The summed E-state index contributed by atoms with van der Waals surface area (Å²) < 4.78 is 5.64. The van der Waals surface area contributed by atoms with Crippen molar-refractivity contribution in [3.05, 3.63) is 35.9 Å². The first-order valence-corrected chi connectivity index (χ1v) is 7.17. The second-order valence-corrected chi connectivity index (χ2v) is 6.12. The molecule has 2 nitrogen and oxygen atoms in total. The van der Waals surface area contributed by atoms with Gasteiger partial charge in [-0.05, 0) is 23.8 Å². The van der Waals surface area contributed by atoms with Crippen LogP contribution in [0.3, 0.4) is 0 Å². The molecule has 0 amide bonds. The first-order chi connectivity index (χ1) is 8.93. The van der Waals surface area contributed by atoms with Crippen LogP contribution < -0.4 is 0 Å². The predicted molar refractivity (Wildman–Crippen MR) is 79.0 cm³/mol. The average Bonchev–Trinajstić information content (AvgIpc) is 2.36. The lowest BCUT2D eigenvalue weighted by Crippen LogP contribution is -2.31. The van der Waals surface area contributed by atoms with Gasteiger partial charge in [0.05, 0.1) is 0 Å². The SMILES string of the molecule is CCCC(OC(=O)CCc1ccccc1)C(C)(C)C. The summed E-state index contributed by atoms with van der Waals surface area (Å²) in [7, 11) is 0. The quantitative estimate of drug-likeness (QED) is 0.711. The molecule has 0 aliphatic rings. The van der Waals surface area contributed by atoms with Crippen molar-refractivity contribution in [1.29, 1.82) is 0 Å². The summed E-state index contributed by atoms with van der Waals surface area (Å²) in [6.07, 6.45) is 3.19. The van der Waals surface area contributed by atoms with Gasteiger partial charge in [0.25, 0.3) is 0 Å². The normalized spacial score (nSPS) is 13.1. The number of carbonyl (C=O) groups excluding carboxylic acids is 1. The lowest BCUT2D eigenvalue weighted by Gasteiger charge is -2.30. The van der Waals surface area contributed by atoms with E-state index in [4.69, 9.17) is 4.74 Å². The third-order valence-electron chi connectivity index (χ3n) is 3.25. The van der Waals surface area contributed by atoms with Gasteiger partial charge in [-0.25, -0.2) is 0 Å². The van der Waals surface area contributed by atoms with Gasteiger partial charge in [0.15, 0.2) is 0 Å².